The average Bonchev–Trinajstić information content (AvgIpc) is 3.41. The number of carbonyl (C=O) groups excluding carboxylic acids is 1. The Bertz CT molecular complexity index is 1510. The zero-order chi connectivity index (χ0) is 28.2. The molecule has 1 N–H and O–H groups in total. The molecule has 10 nitrogen and oxygen atoms in total. The summed E-state index contributed by atoms with van der Waals surface area (Å²) in [6.07, 6.45) is 3.31. The van der Waals surface area contributed by atoms with Gasteiger partial charge in [-0.25, -0.2) is 9.50 Å². The van der Waals surface area contributed by atoms with Crippen LogP contribution in [0, 0.1) is 11.3 Å². The molecule has 1 fully saturated rings. The van der Waals surface area contributed by atoms with E-state index in [1.54, 1.807) is 37.9 Å². The number of rotatable bonds is 8. The maximum atomic E-state index is 13.2. The number of anilines is 1. The SMILES string of the molecule is CO[C@@H](C(=O)N1CCN(c2ccc(-c3cc(O[C@@H](C)[C@@H](C)O)cn4ncc(C#N)c34)cn2)CC1)c1ccccc1. The lowest BCUT2D eigenvalue weighted by Crippen LogP contribution is -2.50. The molecule has 0 bridgehead atoms. The first-order valence-electron chi connectivity index (χ1n) is 13.2. The topological polar surface area (TPSA) is 116 Å². The molecule has 1 aliphatic rings. The number of fused-ring (bicyclic) bond motifs is 1. The highest BCUT2D eigenvalue weighted by Gasteiger charge is 2.29. The summed E-state index contributed by atoms with van der Waals surface area (Å²) in [7, 11) is 1.56. The van der Waals surface area contributed by atoms with Gasteiger partial charge in [-0.1, -0.05) is 30.3 Å². The third-order valence-electron chi connectivity index (χ3n) is 7.24. The van der Waals surface area contributed by atoms with Gasteiger partial charge < -0.3 is 24.4 Å². The first kappa shape index (κ1) is 27.1. The van der Waals surface area contributed by atoms with Crippen LogP contribution in [0.15, 0.2) is 67.1 Å². The fourth-order valence-corrected chi connectivity index (χ4v) is 4.84. The van der Waals surface area contributed by atoms with Crippen LogP contribution in [-0.2, 0) is 9.53 Å². The third kappa shape index (κ3) is 5.47. The van der Waals surface area contributed by atoms with Crippen LogP contribution in [-0.4, -0.2) is 76.0 Å². The Kier molecular flexibility index (Phi) is 7.96. The van der Waals surface area contributed by atoms with E-state index in [-0.39, 0.29) is 5.91 Å². The summed E-state index contributed by atoms with van der Waals surface area (Å²) in [5.74, 6) is 1.29. The summed E-state index contributed by atoms with van der Waals surface area (Å²) in [6, 6.07) is 17.5. The van der Waals surface area contributed by atoms with Crippen molar-refractivity contribution >= 4 is 17.2 Å². The highest BCUT2D eigenvalue weighted by atomic mass is 16.5. The van der Waals surface area contributed by atoms with Crippen molar-refractivity contribution in [2.75, 3.05) is 38.2 Å². The highest BCUT2D eigenvalue weighted by Crippen LogP contribution is 2.32. The molecular formula is C30H32N6O4. The molecule has 3 atom stereocenters. The molecule has 1 aromatic carbocycles. The summed E-state index contributed by atoms with van der Waals surface area (Å²) in [5.41, 5.74) is 3.51. The Labute approximate surface area is 233 Å². The Balaban J connectivity index is 1.32. The van der Waals surface area contributed by atoms with E-state index in [1.165, 1.54) is 6.20 Å². The van der Waals surface area contributed by atoms with Gasteiger partial charge in [-0.3, -0.25) is 4.79 Å². The molecule has 40 heavy (non-hydrogen) atoms. The maximum absolute atomic E-state index is 13.2. The molecule has 4 aromatic rings. The molecule has 0 aliphatic carbocycles. The summed E-state index contributed by atoms with van der Waals surface area (Å²) < 4.78 is 13.1. The van der Waals surface area contributed by atoms with Gasteiger partial charge in [-0.15, -0.1) is 0 Å². The van der Waals surface area contributed by atoms with E-state index >= 15 is 0 Å². The molecule has 1 amide bonds. The van der Waals surface area contributed by atoms with E-state index < -0.39 is 18.3 Å². The summed E-state index contributed by atoms with van der Waals surface area (Å²) in [5, 5.41) is 23.9. The molecular weight excluding hydrogens is 508 g/mol. The number of methoxy groups -OCH3 is 1. The van der Waals surface area contributed by atoms with E-state index in [2.05, 4.69) is 16.1 Å². The number of benzene rings is 1. The van der Waals surface area contributed by atoms with Crippen molar-refractivity contribution in [2.45, 2.75) is 32.2 Å². The van der Waals surface area contributed by atoms with Gasteiger partial charge >= 0.3 is 0 Å². The molecule has 0 radical (unpaired) electrons. The Morgan fingerprint density at radius 2 is 1.82 bits per heavy atom. The van der Waals surface area contributed by atoms with Crippen molar-refractivity contribution < 1.29 is 19.4 Å². The van der Waals surface area contributed by atoms with Crippen LogP contribution in [0.4, 0.5) is 5.82 Å². The van der Waals surface area contributed by atoms with Gasteiger partial charge in [0.15, 0.2) is 6.10 Å². The molecule has 0 saturated carbocycles. The number of carbonyl (C=O) groups is 1. The lowest BCUT2D eigenvalue weighted by molar-refractivity contribution is -0.142. The molecule has 10 heteroatoms. The summed E-state index contributed by atoms with van der Waals surface area (Å²) in [6.45, 7) is 5.89. The van der Waals surface area contributed by atoms with Gasteiger partial charge in [0.2, 0.25) is 0 Å². The molecule has 1 saturated heterocycles. The maximum Gasteiger partial charge on any atom is 0.256 e. The van der Waals surface area contributed by atoms with Crippen LogP contribution in [0.1, 0.15) is 31.1 Å². The molecule has 1 aliphatic heterocycles. The quantitative estimate of drug-likeness (QED) is 0.361. The number of pyridine rings is 2. The summed E-state index contributed by atoms with van der Waals surface area (Å²) >= 11 is 0. The predicted octanol–water partition coefficient (Wildman–Crippen LogP) is 3.45. The van der Waals surface area contributed by atoms with Crippen LogP contribution in [0.2, 0.25) is 0 Å². The number of nitrogens with zero attached hydrogens (tertiary/aromatic N) is 6. The van der Waals surface area contributed by atoms with Crippen LogP contribution in [0.3, 0.4) is 0 Å². The number of aromatic nitrogens is 3. The van der Waals surface area contributed by atoms with Crippen molar-refractivity contribution in [2.24, 2.45) is 0 Å². The fourth-order valence-electron chi connectivity index (χ4n) is 4.84. The lowest BCUT2D eigenvalue weighted by atomic mass is 10.0. The largest absolute Gasteiger partial charge is 0.486 e. The van der Waals surface area contributed by atoms with Crippen molar-refractivity contribution in [3.05, 3.63) is 78.2 Å². The van der Waals surface area contributed by atoms with Crippen molar-refractivity contribution in [3.63, 3.8) is 0 Å². The minimum absolute atomic E-state index is 0.0400. The number of ether oxygens (including phenoxy) is 2. The standard InChI is InChI=1S/C30H32N6O4/c1-20(37)21(2)40-25-15-26(28-24(16-31)18-33-36(28)19-25)23-9-10-27(32-17-23)34-11-13-35(14-12-34)30(38)29(39-3)22-7-5-4-6-8-22/h4-10,15,17-21,29,37H,11-14H2,1-3H3/t20-,21+,29-/m1/s1. The van der Waals surface area contributed by atoms with Crippen molar-refractivity contribution in [1.82, 2.24) is 19.5 Å². The minimum atomic E-state index is -0.651. The van der Waals surface area contributed by atoms with E-state index in [9.17, 15) is 15.2 Å². The molecule has 0 unspecified atom stereocenters. The second-order valence-corrected chi connectivity index (χ2v) is 9.86. The number of hydrogen-bond donors (Lipinski definition) is 1. The number of aliphatic hydroxyl groups is 1. The van der Waals surface area contributed by atoms with Crippen molar-refractivity contribution in [1.29, 1.82) is 5.26 Å². The zero-order valence-corrected chi connectivity index (χ0v) is 22.8. The summed E-state index contributed by atoms with van der Waals surface area (Å²) in [4.78, 5) is 21.9. The van der Waals surface area contributed by atoms with Crippen molar-refractivity contribution in [3.8, 4) is 22.9 Å². The minimum Gasteiger partial charge on any atom is -0.486 e. The lowest BCUT2D eigenvalue weighted by Gasteiger charge is -2.36. The van der Waals surface area contributed by atoms with Gasteiger partial charge in [-0.05, 0) is 37.6 Å². The smallest absolute Gasteiger partial charge is 0.256 e. The number of hydrogen-bond acceptors (Lipinski definition) is 8. The molecule has 4 heterocycles. The van der Waals surface area contributed by atoms with E-state index in [0.717, 1.165) is 22.5 Å². The van der Waals surface area contributed by atoms with E-state index in [4.69, 9.17) is 14.5 Å². The van der Waals surface area contributed by atoms with Gasteiger partial charge in [0, 0.05) is 50.6 Å². The van der Waals surface area contributed by atoms with Gasteiger partial charge in [0.1, 0.15) is 23.7 Å². The van der Waals surface area contributed by atoms with E-state index in [0.29, 0.717) is 43.0 Å². The van der Waals surface area contributed by atoms with Gasteiger partial charge in [0.25, 0.3) is 5.91 Å². The predicted molar refractivity (Wildman–Crippen MR) is 150 cm³/mol. The highest BCUT2D eigenvalue weighted by molar-refractivity contribution is 5.85. The zero-order valence-electron chi connectivity index (χ0n) is 22.8. The monoisotopic (exact) mass is 540 g/mol. The van der Waals surface area contributed by atoms with Crippen LogP contribution in [0.5, 0.6) is 5.75 Å². The Morgan fingerprint density at radius 1 is 1.07 bits per heavy atom. The first-order valence-corrected chi connectivity index (χ1v) is 13.2. The number of amides is 1. The fraction of sp³-hybridized carbons (Fsp3) is 0.333. The first-order chi connectivity index (χ1) is 19.4. The third-order valence-corrected chi connectivity index (χ3v) is 7.24. The Hall–Kier alpha value is -4.46. The normalized spacial score (nSPS) is 15.9. The van der Waals surface area contributed by atoms with Gasteiger partial charge in [-0.2, -0.15) is 10.4 Å². The molecule has 206 valence electrons. The average molecular weight is 541 g/mol. The number of piperazine rings is 1. The second kappa shape index (κ2) is 11.7. The van der Waals surface area contributed by atoms with Gasteiger partial charge in [0.05, 0.1) is 29.6 Å². The Morgan fingerprint density at radius 3 is 2.45 bits per heavy atom. The van der Waals surface area contributed by atoms with Crippen LogP contribution < -0.4 is 9.64 Å². The molecule has 5 rings (SSSR count). The second-order valence-electron chi connectivity index (χ2n) is 9.86. The molecule has 3 aromatic heterocycles. The van der Waals surface area contributed by atoms with Crippen LogP contribution in [0.25, 0.3) is 16.6 Å². The van der Waals surface area contributed by atoms with E-state index in [1.807, 2.05) is 53.4 Å². The van der Waals surface area contributed by atoms with Crippen LogP contribution >= 0.6 is 0 Å². The number of nitriles is 1. The number of aliphatic hydroxyl groups excluding tert-OH is 1. The molecule has 0 spiro atoms.